The highest BCUT2D eigenvalue weighted by Crippen LogP contribution is 2.11. The second-order valence-corrected chi connectivity index (χ2v) is 4.86. The first-order chi connectivity index (χ1) is 8.15. The van der Waals surface area contributed by atoms with E-state index in [1.165, 1.54) is 11.1 Å². The van der Waals surface area contributed by atoms with Crippen LogP contribution in [0.5, 0.6) is 0 Å². The normalized spacial score (nSPS) is 18.2. The minimum absolute atomic E-state index is 0. The molecule has 2 rings (SSSR count). The lowest BCUT2D eigenvalue weighted by atomic mass is 10.0. The summed E-state index contributed by atoms with van der Waals surface area (Å²) < 4.78 is 0. The molecule has 1 atom stereocenters. The van der Waals surface area contributed by atoms with Crippen molar-refractivity contribution in [2.24, 2.45) is 0 Å². The quantitative estimate of drug-likeness (QED) is 0.877. The molecule has 1 aromatic rings. The highest BCUT2D eigenvalue weighted by Gasteiger charge is 2.16. The summed E-state index contributed by atoms with van der Waals surface area (Å²) in [4.78, 5) is 11.9. The highest BCUT2D eigenvalue weighted by atomic mass is 35.5. The van der Waals surface area contributed by atoms with Gasteiger partial charge in [-0.25, -0.2) is 0 Å². The van der Waals surface area contributed by atoms with Crippen LogP contribution in [0.3, 0.4) is 0 Å². The van der Waals surface area contributed by atoms with E-state index < -0.39 is 0 Å². The van der Waals surface area contributed by atoms with Crippen LogP contribution in [-0.4, -0.2) is 25.0 Å². The fourth-order valence-electron chi connectivity index (χ4n) is 2.22. The Morgan fingerprint density at radius 1 is 1.44 bits per heavy atom. The molecule has 0 spiro atoms. The lowest BCUT2D eigenvalue weighted by Gasteiger charge is -2.12. The molecule has 1 amide bonds. The van der Waals surface area contributed by atoms with Gasteiger partial charge in [0.05, 0.1) is 6.42 Å². The van der Waals surface area contributed by atoms with Crippen LogP contribution < -0.4 is 10.6 Å². The second-order valence-electron chi connectivity index (χ2n) is 4.86. The molecule has 0 radical (unpaired) electrons. The molecule has 1 unspecified atom stereocenters. The second kappa shape index (κ2) is 6.76. The molecule has 0 aliphatic carbocycles. The number of halogens is 1. The molecular formula is C14H21ClN2O. The topological polar surface area (TPSA) is 41.1 Å². The van der Waals surface area contributed by atoms with Crippen LogP contribution in [0.15, 0.2) is 18.2 Å². The van der Waals surface area contributed by atoms with E-state index >= 15 is 0 Å². The van der Waals surface area contributed by atoms with Crippen LogP contribution in [0.1, 0.15) is 23.1 Å². The van der Waals surface area contributed by atoms with Gasteiger partial charge in [0.15, 0.2) is 0 Å². The summed E-state index contributed by atoms with van der Waals surface area (Å²) in [6, 6.07) is 6.57. The van der Waals surface area contributed by atoms with Gasteiger partial charge in [0.1, 0.15) is 0 Å². The first-order valence-corrected chi connectivity index (χ1v) is 6.21. The fourth-order valence-corrected chi connectivity index (χ4v) is 2.22. The van der Waals surface area contributed by atoms with Crippen molar-refractivity contribution in [1.29, 1.82) is 0 Å². The van der Waals surface area contributed by atoms with E-state index in [0.29, 0.717) is 12.5 Å². The summed E-state index contributed by atoms with van der Waals surface area (Å²) in [7, 11) is 0. The molecule has 1 aliphatic heterocycles. The Hall–Kier alpha value is -1.06. The van der Waals surface area contributed by atoms with Gasteiger partial charge in [-0.05, 0) is 37.9 Å². The van der Waals surface area contributed by atoms with E-state index in [4.69, 9.17) is 0 Å². The van der Waals surface area contributed by atoms with Crippen molar-refractivity contribution in [3.05, 3.63) is 34.9 Å². The van der Waals surface area contributed by atoms with Crippen molar-refractivity contribution in [3.8, 4) is 0 Å². The number of hydrogen-bond donors (Lipinski definition) is 2. The third-order valence-corrected chi connectivity index (χ3v) is 3.28. The number of amides is 1. The maximum Gasteiger partial charge on any atom is 0.224 e. The molecule has 3 nitrogen and oxygen atoms in total. The number of carbonyl (C=O) groups excluding carboxylic acids is 1. The van der Waals surface area contributed by atoms with Crippen molar-refractivity contribution < 1.29 is 4.79 Å². The monoisotopic (exact) mass is 268 g/mol. The van der Waals surface area contributed by atoms with Gasteiger partial charge in [0, 0.05) is 12.6 Å². The van der Waals surface area contributed by atoms with E-state index in [1.807, 2.05) is 0 Å². The highest BCUT2D eigenvalue weighted by molar-refractivity contribution is 5.85. The Labute approximate surface area is 115 Å². The SMILES string of the molecule is Cc1ccc(C)c(CC(=O)NC2CCNC2)c1.Cl. The zero-order chi connectivity index (χ0) is 12.3. The maximum atomic E-state index is 11.9. The van der Waals surface area contributed by atoms with Gasteiger partial charge in [-0.2, -0.15) is 0 Å². The zero-order valence-electron chi connectivity index (χ0n) is 11.0. The number of nitrogens with one attached hydrogen (secondary N) is 2. The molecule has 1 fully saturated rings. The molecule has 0 bridgehead atoms. The first kappa shape index (κ1) is 15.0. The van der Waals surface area contributed by atoms with E-state index in [1.54, 1.807) is 0 Å². The summed E-state index contributed by atoms with van der Waals surface area (Å²) in [5.41, 5.74) is 3.53. The molecule has 1 saturated heterocycles. The average Bonchev–Trinajstić information content (AvgIpc) is 2.76. The molecule has 0 saturated carbocycles. The van der Waals surface area contributed by atoms with E-state index in [0.717, 1.165) is 25.1 Å². The maximum absolute atomic E-state index is 11.9. The average molecular weight is 269 g/mol. The van der Waals surface area contributed by atoms with Crippen LogP contribution >= 0.6 is 12.4 Å². The smallest absolute Gasteiger partial charge is 0.224 e. The predicted octanol–water partition coefficient (Wildman–Crippen LogP) is 1.75. The minimum atomic E-state index is 0. The Morgan fingerprint density at radius 2 is 2.22 bits per heavy atom. The minimum Gasteiger partial charge on any atom is -0.352 e. The summed E-state index contributed by atoms with van der Waals surface area (Å²) in [6.07, 6.45) is 1.53. The molecular weight excluding hydrogens is 248 g/mol. The van der Waals surface area contributed by atoms with Crippen molar-refractivity contribution in [1.82, 2.24) is 10.6 Å². The van der Waals surface area contributed by atoms with E-state index in [-0.39, 0.29) is 18.3 Å². The number of aryl methyl sites for hydroxylation is 2. The summed E-state index contributed by atoms with van der Waals surface area (Å²) in [5, 5.41) is 6.32. The van der Waals surface area contributed by atoms with Crippen molar-refractivity contribution in [3.63, 3.8) is 0 Å². The molecule has 100 valence electrons. The molecule has 1 aromatic carbocycles. The van der Waals surface area contributed by atoms with Crippen molar-refractivity contribution >= 4 is 18.3 Å². The van der Waals surface area contributed by atoms with Gasteiger partial charge in [-0.3, -0.25) is 4.79 Å². The van der Waals surface area contributed by atoms with Gasteiger partial charge >= 0.3 is 0 Å². The number of benzene rings is 1. The number of rotatable bonds is 3. The first-order valence-electron chi connectivity index (χ1n) is 6.21. The largest absolute Gasteiger partial charge is 0.352 e. The Kier molecular flexibility index (Phi) is 5.63. The van der Waals surface area contributed by atoms with Gasteiger partial charge in [0.2, 0.25) is 5.91 Å². The van der Waals surface area contributed by atoms with Gasteiger partial charge in [-0.1, -0.05) is 23.8 Å². The fraction of sp³-hybridized carbons (Fsp3) is 0.500. The van der Waals surface area contributed by atoms with Gasteiger partial charge in [0.25, 0.3) is 0 Å². The molecule has 4 heteroatoms. The van der Waals surface area contributed by atoms with Crippen LogP contribution in [0.4, 0.5) is 0 Å². The molecule has 0 aromatic heterocycles. The summed E-state index contributed by atoms with van der Waals surface area (Å²) >= 11 is 0. The Bertz CT molecular complexity index is 414. The van der Waals surface area contributed by atoms with Crippen molar-refractivity contribution in [2.75, 3.05) is 13.1 Å². The number of carbonyl (C=O) groups is 1. The Balaban J connectivity index is 0.00000162. The van der Waals surface area contributed by atoms with Crippen LogP contribution in [0, 0.1) is 13.8 Å². The molecule has 18 heavy (non-hydrogen) atoms. The summed E-state index contributed by atoms with van der Waals surface area (Å²) in [6.45, 7) is 6.02. The number of hydrogen-bond acceptors (Lipinski definition) is 2. The lowest BCUT2D eigenvalue weighted by molar-refractivity contribution is -0.121. The van der Waals surface area contributed by atoms with E-state index in [2.05, 4.69) is 42.7 Å². The van der Waals surface area contributed by atoms with Gasteiger partial charge in [-0.15, -0.1) is 12.4 Å². The zero-order valence-corrected chi connectivity index (χ0v) is 11.8. The van der Waals surface area contributed by atoms with Crippen LogP contribution in [0.25, 0.3) is 0 Å². The molecule has 1 heterocycles. The molecule has 1 aliphatic rings. The van der Waals surface area contributed by atoms with Crippen LogP contribution in [0.2, 0.25) is 0 Å². The van der Waals surface area contributed by atoms with Crippen LogP contribution in [-0.2, 0) is 11.2 Å². The van der Waals surface area contributed by atoms with E-state index in [9.17, 15) is 4.79 Å². The standard InChI is InChI=1S/C14H20N2O.ClH/c1-10-3-4-11(2)12(7-10)8-14(17)16-13-5-6-15-9-13;/h3-4,7,13,15H,5-6,8-9H2,1-2H3,(H,16,17);1H. The third kappa shape index (κ3) is 4.00. The Morgan fingerprint density at radius 3 is 2.89 bits per heavy atom. The molecule has 2 N–H and O–H groups in total. The van der Waals surface area contributed by atoms with Gasteiger partial charge < -0.3 is 10.6 Å². The third-order valence-electron chi connectivity index (χ3n) is 3.28. The van der Waals surface area contributed by atoms with Crippen molar-refractivity contribution in [2.45, 2.75) is 32.7 Å². The summed E-state index contributed by atoms with van der Waals surface area (Å²) in [5.74, 6) is 0.132. The lowest BCUT2D eigenvalue weighted by Crippen LogP contribution is -2.37. The predicted molar refractivity (Wildman–Crippen MR) is 76.3 cm³/mol.